The normalized spacial score (nSPS) is 24.4. The number of ether oxygens (including phenoxy) is 2. The number of morpholine rings is 1. The third kappa shape index (κ3) is 5.81. The molecule has 2 bridgehead atoms. The van der Waals surface area contributed by atoms with Crippen LogP contribution in [-0.4, -0.2) is 73.5 Å². The summed E-state index contributed by atoms with van der Waals surface area (Å²) in [7, 11) is 1.78. The number of aliphatic hydroxyl groups is 1. The number of likely N-dealkylation sites (tertiary alicyclic amines) is 1. The van der Waals surface area contributed by atoms with Gasteiger partial charge in [0.25, 0.3) is 0 Å². The smallest absolute Gasteiger partial charge is 0.137 e. The van der Waals surface area contributed by atoms with Crippen molar-refractivity contribution in [2.75, 3.05) is 33.3 Å². The molecule has 4 rings (SSSR count). The number of aliphatic imine (C=N–C) groups is 1. The maximum absolute atomic E-state index is 9.99. The van der Waals surface area contributed by atoms with Crippen molar-refractivity contribution in [1.82, 2.24) is 15.5 Å². The van der Waals surface area contributed by atoms with Gasteiger partial charge in [-0.3, -0.25) is 0 Å². The highest BCUT2D eigenvalue weighted by atomic mass is 35.5. The number of rotatable bonds is 9. The molecule has 3 aliphatic rings. The summed E-state index contributed by atoms with van der Waals surface area (Å²) in [6.07, 6.45) is 5.45. The molecule has 184 valence electrons. The maximum atomic E-state index is 9.99. The van der Waals surface area contributed by atoms with Gasteiger partial charge in [-0.1, -0.05) is 25.4 Å². The Bertz CT molecular complexity index is 994. The van der Waals surface area contributed by atoms with Crippen molar-refractivity contribution in [3.05, 3.63) is 52.1 Å². The molecule has 0 saturated carbocycles. The standard InChI is InChI=1S/C25H34ClN5O3/c1-15(2)22(10-27)25-29-23(9-24(30-25)31-12-19-4-5-20(13-31)34-19)16-6-17(26)8-21(7-16)33-14-18(32)11-28-3/h6-10,15,18-20,27-28,30,32H,4-5,11-14H2,1-3H3/b25-22+,27-10?/t18?,19-,20+. The molecule has 2 saturated heterocycles. The van der Waals surface area contributed by atoms with E-state index in [4.69, 9.17) is 31.5 Å². The first-order valence-corrected chi connectivity index (χ1v) is 12.2. The van der Waals surface area contributed by atoms with E-state index in [2.05, 4.69) is 29.4 Å². The minimum Gasteiger partial charge on any atom is -0.491 e. The van der Waals surface area contributed by atoms with Crippen LogP contribution in [0, 0.1) is 11.3 Å². The van der Waals surface area contributed by atoms with Crippen molar-refractivity contribution < 1.29 is 14.6 Å². The Morgan fingerprint density at radius 3 is 2.74 bits per heavy atom. The lowest BCUT2D eigenvalue weighted by atomic mass is 10.0. The molecule has 0 amide bonds. The monoisotopic (exact) mass is 487 g/mol. The number of nitrogens with one attached hydrogen (secondary N) is 3. The van der Waals surface area contributed by atoms with Crippen LogP contribution in [-0.2, 0) is 4.74 Å². The number of likely N-dealkylation sites (N-methyl/N-ethyl adjacent to an activating group) is 1. The molecule has 1 aromatic carbocycles. The van der Waals surface area contributed by atoms with E-state index in [-0.39, 0.29) is 24.7 Å². The Morgan fingerprint density at radius 2 is 2.09 bits per heavy atom. The Morgan fingerprint density at radius 1 is 1.35 bits per heavy atom. The van der Waals surface area contributed by atoms with Crippen LogP contribution in [0.15, 0.2) is 46.5 Å². The highest BCUT2D eigenvalue weighted by Crippen LogP contribution is 2.30. The predicted molar refractivity (Wildman–Crippen MR) is 135 cm³/mol. The molecule has 2 fully saturated rings. The van der Waals surface area contributed by atoms with Crippen molar-refractivity contribution >= 4 is 23.5 Å². The molecule has 34 heavy (non-hydrogen) atoms. The zero-order chi connectivity index (χ0) is 24.2. The molecule has 0 aliphatic carbocycles. The number of benzene rings is 1. The van der Waals surface area contributed by atoms with Crippen molar-refractivity contribution in [3.63, 3.8) is 0 Å². The van der Waals surface area contributed by atoms with E-state index in [1.54, 1.807) is 13.1 Å². The average Bonchev–Trinajstić information content (AvgIpc) is 3.15. The fourth-order valence-electron chi connectivity index (χ4n) is 4.52. The number of aliphatic hydroxyl groups excluding tert-OH is 1. The van der Waals surface area contributed by atoms with Crippen LogP contribution in [0.2, 0.25) is 5.02 Å². The summed E-state index contributed by atoms with van der Waals surface area (Å²) < 4.78 is 11.8. The van der Waals surface area contributed by atoms with Gasteiger partial charge in [-0.05, 0) is 44.0 Å². The number of hydrogen-bond acceptors (Lipinski definition) is 8. The molecular weight excluding hydrogens is 454 g/mol. The van der Waals surface area contributed by atoms with E-state index in [9.17, 15) is 5.11 Å². The van der Waals surface area contributed by atoms with Crippen LogP contribution in [0.25, 0.3) is 0 Å². The van der Waals surface area contributed by atoms with Crippen molar-refractivity contribution in [1.29, 1.82) is 5.41 Å². The van der Waals surface area contributed by atoms with Crippen molar-refractivity contribution in [3.8, 4) is 5.75 Å². The minimum atomic E-state index is -0.623. The first-order chi connectivity index (χ1) is 16.4. The average molecular weight is 488 g/mol. The number of allylic oxidation sites excluding steroid dienone is 2. The summed E-state index contributed by atoms with van der Waals surface area (Å²) in [6.45, 7) is 6.35. The molecule has 1 unspecified atom stereocenters. The number of nitrogens with zero attached hydrogens (tertiary/aromatic N) is 2. The lowest BCUT2D eigenvalue weighted by Gasteiger charge is -2.37. The highest BCUT2D eigenvalue weighted by Gasteiger charge is 2.35. The van der Waals surface area contributed by atoms with Crippen molar-refractivity contribution in [2.45, 2.75) is 45.0 Å². The molecule has 0 aromatic heterocycles. The topological polar surface area (TPSA) is 102 Å². The van der Waals surface area contributed by atoms with Gasteiger partial charge in [-0.2, -0.15) is 0 Å². The molecule has 3 atom stereocenters. The van der Waals surface area contributed by atoms with E-state index < -0.39 is 6.10 Å². The van der Waals surface area contributed by atoms with Gasteiger partial charge in [0.1, 0.15) is 30.1 Å². The molecule has 9 heteroatoms. The summed E-state index contributed by atoms with van der Waals surface area (Å²) >= 11 is 6.43. The quantitative estimate of drug-likeness (QED) is 0.399. The summed E-state index contributed by atoms with van der Waals surface area (Å²) in [4.78, 5) is 7.19. The van der Waals surface area contributed by atoms with Gasteiger partial charge in [-0.15, -0.1) is 0 Å². The second kappa shape index (κ2) is 10.9. The van der Waals surface area contributed by atoms with Crippen LogP contribution in [0.3, 0.4) is 0 Å². The Labute approximate surface area is 206 Å². The maximum Gasteiger partial charge on any atom is 0.137 e. The van der Waals surface area contributed by atoms with Gasteiger partial charge in [-0.25, -0.2) is 4.99 Å². The summed E-state index contributed by atoms with van der Waals surface area (Å²) in [5.41, 5.74) is 2.38. The molecule has 1 aromatic rings. The third-order valence-electron chi connectivity index (χ3n) is 6.24. The van der Waals surface area contributed by atoms with Crippen LogP contribution >= 0.6 is 11.6 Å². The van der Waals surface area contributed by atoms with Gasteiger partial charge in [0, 0.05) is 48.1 Å². The number of fused-ring (bicyclic) bond motifs is 2. The Hall–Kier alpha value is -2.39. The molecule has 4 N–H and O–H groups in total. The number of halogens is 1. The van der Waals surface area contributed by atoms with Crippen LogP contribution in [0.1, 0.15) is 32.3 Å². The highest BCUT2D eigenvalue weighted by molar-refractivity contribution is 6.31. The van der Waals surface area contributed by atoms with E-state index in [0.717, 1.165) is 48.6 Å². The molecule has 3 aliphatic heterocycles. The molecule has 0 radical (unpaired) electrons. The minimum absolute atomic E-state index is 0.136. The number of hydrogen-bond donors (Lipinski definition) is 4. The molecule has 3 heterocycles. The first kappa shape index (κ1) is 24.7. The van der Waals surface area contributed by atoms with Gasteiger partial charge in [0.15, 0.2) is 0 Å². The Balaban J connectivity index is 1.68. The predicted octanol–water partition coefficient (Wildman–Crippen LogP) is 2.91. The SMILES string of the molecule is CNCC(O)COc1cc(Cl)cc(C2=N/C(=C(/C=N)C(C)C)NC(N3C[C@H]4CC[C@@H](C3)O4)=C2)c1. The van der Waals surface area contributed by atoms with Crippen LogP contribution in [0.4, 0.5) is 0 Å². The van der Waals surface area contributed by atoms with Crippen LogP contribution in [0.5, 0.6) is 5.75 Å². The third-order valence-corrected chi connectivity index (χ3v) is 6.45. The van der Waals surface area contributed by atoms with Gasteiger partial charge >= 0.3 is 0 Å². The molecule has 0 spiro atoms. The second-order valence-corrected chi connectivity index (χ2v) is 9.75. The lowest BCUT2D eigenvalue weighted by molar-refractivity contribution is -0.0284. The van der Waals surface area contributed by atoms with Crippen LogP contribution < -0.4 is 15.4 Å². The summed E-state index contributed by atoms with van der Waals surface area (Å²) in [5, 5.41) is 24.9. The first-order valence-electron chi connectivity index (χ1n) is 11.8. The van der Waals surface area contributed by atoms with E-state index in [1.807, 2.05) is 18.2 Å². The molecular formula is C25H34ClN5O3. The molecule has 8 nitrogen and oxygen atoms in total. The second-order valence-electron chi connectivity index (χ2n) is 9.32. The summed E-state index contributed by atoms with van der Waals surface area (Å²) in [5.74, 6) is 2.33. The van der Waals surface area contributed by atoms with E-state index in [0.29, 0.717) is 23.1 Å². The van der Waals surface area contributed by atoms with Gasteiger partial charge in [0.05, 0.1) is 17.9 Å². The summed E-state index contributed by atoms with van der Waals surface area (Å²) in [6, 6.07) is 5.48. The van der Waals surface area contributed by atoms with Gasteiger partial charge in [0.2, 0.25) is 0 Å². The zero-order valence-electron chi connectivity index (χ0n) is 20.0. The fraction of sp³-hybridized carbons (Fsp3) is 0.520. The zero-order valence-corrected chi connectivity index (χ0v) is 20.7. The van der Waals surface area contributed by atoms with E-state index >= 15 is 0 Å². The Kier molecular flexibility index (Phi) is 7.93. The van der Waals surface area contributed by atoms with E-state index in [1.165, 1.54) is 6.21 Å². The fourth-order valence-corrected chi connectivity index (χ4v) is 4.75. The largest absolute Gasteiger partial charge is 0.491 e. The van der Waals surface area contributed by atoms with Crippen molar-refractivity contribution in [2.24, 2.45) is 10.9 Å². The van der Waals surface area contributed by atoms with Gasteiger partial charge < -0.3 is 35.5 Å². The lowest BCUT2D eigenvalue weighted by Crippen LogP contribution is -2.46.